The molecule has 3 heteroatoms. The first kappa shape index (κ1) is 14.2. The Morgan fingerprint density at radius 3 is 2.47 bits per heavy atom. The van der Waals surface area contributed by atoms with Crippen LogP contribution in [0.1, 0.15) is 50.1 Å². The van der Waals surface area contributed by atoms with Gasteiger partial charge in [0, 0.05) is 18.8 Å². The van der Waals surface area contributed by atoms with E-state index in [1.807, 2.05) is 11.7 Å². The molecular weight excluding hydrogens is 210 g/mol. The average molecular weight is 237 g/mol. The fourth-order valence-corrected chi connectivity index (χ4v) is 2.30. The first-order valence-corrected chi connectivity index (χ1v) is 6.82. The van der Waals surface area contributed by atoms with Gasteiger partial charge in [-0.1, -0.05) is 13.8 Å². The normalized spacial score (nSPS) is 13.0. The maximum atomic E-state index is 4.47. The molecule has 1 heterocycles. The molecular formula is C14H27N3. The lowest BCUT2D eigenvalue weighted by Crippen LogP contribution is -2.29. The van der Waals surface area contributed by atoms with Gasteiger partial charge in [0.1, 0.15) is 0 Å². The van der Waals surface area contributed by atoms with Crippen molar-refractivity contribution in [2.75, 3.05) is 6.54 Å². The van der Waals surface area contributed by atoms with Gasteiger partial charge >= 0.3 is 0 Å². The third-order valence-electron chi connectivity index (χ3n) is 3.58. The van der Waals surface area contributed by atoms with Gasteiger partial charge in [-0.15, -0.1) is 0 Å². The second-order valence-electron chi connectivity index (χ2n) is 4.87. The van der Waals surface area contributed by atoms with E-state index in [-0.39, 0.29) is 0 Å². The van der Waals surface area contributed by atoms with E-state index in [0.717, 1.165) is 13.0 Å². The number of hydrogen-bond donors (Lipinski definition) is 1. The molecule has 0 radical (unpaired) electrons. The number of aromatic nitrogens is 2. The van der Waals surface area contributed by atoms with Crippen molar-refractivity contribution in [3.05, 3.63) is 17.0 Å². The number of nitrogens with one attached hydrogen (secondary N) is 1. The molecule has 0 fully saturated rings. The molecule has 17 heavy (non-hydrogen) atoms. The van der Waals surface area contributed by atoms with E-state index >= 15 is 0 Å². The van der Waals surface area contributed by atoms with Crippen LogP contribution in [0.3, 0.4) is 0 Å². The summed E-state index contributed by atoms with van der Waals surface area (Å²) in [5.41, 5.74) is 3.94. The van der Waals surface area contributed by atoms with E-state index in [1.165, 1.54) is 36.2 Å². The number of rotatable bonds is 7. The van der Waals surface area contributed by atoms with Crippen LogP contribution in [-0.4, -0.2) is 22.4 Å². The number of aryl methyl sites for hydroxylation is 2. The lowest BCUT2D eigenvalue weighted by atomic mass is 10.0. The Bertz CT molecular complexity index is 341. The van der Waals surface area contributed by atoms with Gasteiger partial charge in [0.15, 0.2) is 0 Å². The molecule has 0 bridgehead atoms. The standard InChI is InChI=1S/C14H27N3/c1-6-10-15-13(7-2)8-9-14-11(3)16-17(5)12(14)4/h13,15H,6-10H2,1-5H3. The Morgan fingerprint density at radius 2 is 2.00 bits per heavy atom. The van der Waals surface area contributed by atoms with E-state index in [2.05, 4.69) is 38.1 Å². The van der Waals surface area contributed by atoms with Crippen LogP contribution in [-0.2, 0) is 13.5 Å². The minimum Gasteiger partial charge on any atom is -0.314 e. The summed E-state index contributed by atoms with van der Waals surface area (Å²) in [6.45, 7) is 9.88. The summed E-state index contributed by atoms with van der Waals surface area (Å²) in [5, 5.41) is 8.08. The van der Waals surface area contributed by atoms with Gasteiger partial charge in [-0.05, 0) is 51.6 Å². The van der Waals surface area contributed by atoms with Crippen LogP contribution in [0, 0.1) is 13.8 Å². The van der Waals surface area contributed by atoms with E-state index in [1.54, 1.807) is 0 Å². The number of nitrogens with zero attached hydrogens (tertiary/aromatic N) is 2. The summed E-state index contributed by atoms with van der Waals surface area (Å²) in [7, 11) is 2.03. The molecule has 0 aromatic carbocycles. The minimum absolute atomic E-state index is 0.647. The lowest BCUT2D eigenvalue weighted by molar-refractivity contribution is 0.467. The van der Waals surface area contributed by atoms with Gasteiger partial charge in [0.05, 0.1) is 5.69 Å². The van der Waals surface area contributed by atoms with Crippen LogP contribution in [0.15, 0.2) is 0 Å². The SMILES string of the molecule is CCCNC(CC)CCc1c(C)nn(C)c1C. The minimum atomic E-state index is 0.647. The first-order valence-electron chi connectivity index (χ1n) is 6.82. The predicted molar refractivity (Wildman–Crippen MR) is 73.4 cm³/mol. The van der Waals surface area contributed by atoms with E-state index in [4.69, 9.17) is 0 Å². The fourth-order valence-electron chi connectivity index (χ4n) is 2.30. The van der Waals surface area contributed by atoms with Crippen molar-refractivity contribution in [1.29, 1.82) is 0 Å². The third-order valence-corrected chi connectivity index (χ3v) is 3.58. The molecule has 1 unspecified atom stereocenters. The Morgan fingerprint density at radius 1 is 1.29 bits per heavy atom. The summed E-state index contributed by atoms with van der Waals surface area (Å²) in [6, 6.07) is 0.647. The van der Waals surface area contributed by atoms with Crippen LogP contribution in [0.4, 0.5) is 0 Å². The topological polar surface area (TPSA) is 29.9 Å². The fraction of sp³-hybridized carbons (Fsp3) is 0.786. The van der Waals surface area contributed by atoms with E-state index in [0.29, 0.717) is 6.04 Å². The van der Waals surface area contributed by atoms with Crippen molar-refractivity contribution in [1.82, 2.24) is 15.1 Å². The van der Waals surface area contributed by atoms with Crippen molar-refractivity contribution in [3.8, 4) is 0 Å². The van der Waals surface area contributed by atoms with Crippen molar-refractivity contribution < 1.29 is 0 Å². The summed E-state index contributed by atoms with van der Waals surface area (Å²) >= 11 is 0. The van der Waals surface area contributed by atoms with Gasteiger partial charge in [0.25, 0.3) is 0 Å². The molecule has 0 saturated carbocycles. The van der Waals surface area contributed by atoms with E-state index in [9.17, 15) is 0 Å². The molecule has 0 spiro atoms. The highest BCUT2D eigenvalue weighted by molar-refractivity contribution is 5.24. The molecule has 3 nitrogen and oxygen atoms in total. The van der Waals surface area contributed by atoms with Crippen molar-refractivity contribution in [3.63, 3.8) is 0 Å². The lowest BCUT2D eigenvalue weighted by Gasteiger charge is -2.16. The van der Waals surface area contributed by atoms with Crippen molar-refractivity contribution >= 4 is 0 Å². The zero-order valence-corrected chi connectivity index (χ0v) is 12.0. The molecule has 1 aromatic rings. The molecule has 0 saturated heterocycles. The predicted octanol–water partition coefficient (Wildman–Crippen LogP) is 2.75. The Hall–Kier alpha value is -0.830. The van der Waals surface area contributed by atoms with Crippen molar-refractivity contribution in [2.24, 2.45) is 7.05 Å². The maximum absolute atomic E-state index is 4.47. The third kappa shape index (κ3) is 3.84. The highest BCUT2D eigenvalue weighted by Crippen LogP contribution is 2.15. The highest BCUT2D eigenvalue weighted by Gasteiger charge is 2.11. The van der Waals surface area contributed by atoms with Crippen LogP contribution in [0.2, 0.25) is 0 Å². The van der Waals surface area contributed by atoms with Gasteiger partial charge in [0.2, 0.25) is 0 Å². The summed E-state index contributed by atoms with van der Waals surface area (Å²) in [4.78, 5) is 0. The smallest absolute Gasteiger partial charge is 0.0628 e. The van der Waals surface area contributed by atoms with Crippen LogP contribution < -0.4 is 5.32 Å². The molecule has 1 rings (SSSR count). The second-order valence-corrected chi connectivity index (χ2v) is 4.87. The van der Waals surface area contributed by atoms with Crippen LogP contribution >= 0.6 is 0 Å². The Kier molecular flexibility index (Phi) is 5.69. The summed E-state index contributed by atoms with van der Waals surface area (Å²) < 4.78 is 1.99. The highest BCUT2D eigenvalue weighted by atomic mass is 15.3. The second kappa shape index (κ2) is 6.80. The number of hydrogen-bond acceptors (Lipinski definition) is 2. The Balaban J connectivity index is 2.53. The van der Waals surface area contributed by atoms with Crippen molar-refractivity contribution in [2.45, 2.75) is 59.4 Å². The maximum Gasteiger partial charge on any atom is 0.0628 e. The van der Waals surface area contributed by atoms with E-state index < -0.39 is 0 Å². The van der Waals surface area contributed by atoms with Gasteiger partial charge < -0.3 is 5.32 Å². The molecule has 0 aliphatic heterocycles. The zero-order chi connectivity index (χ0) is 12.8. The molecule has 0 amide bonds. The molecule has 1 atom stereocenters. The molecule has 98 valence electrons. The zero-order valence-electron chi connectivity index (χ0n) is 12.0. The van der Waals surface area contributed by atoms with Gasteiger partial charge in [-0.3, -0.25) is 4.68 Å². The Labute approximate surface area is 106 Å². The average Bonchev–Trinajstić information content (AvgIpc) is 2.55. The molecule has 1 N–H and O–H groups in total. The largest absolute Gasteiger partial charge is 0.314 e. The summed E-state index contributed by atoms with van der Waals surface area (Å²) in [5.74, 6) is 0. The monoisotopic (exact) mass is 237 g/mol. The first-order chi connectivity index (χ1) is 8.10. The van der Waals surface area contributed by atoms with Gasteiger partial charge in [-0.25, -0.2) is 0 Å². The van der Waals surface area contributed by atoms with Crippen LogP contribution in [0.25, 0.3) is 0 Å². The van der Waals surface area contributed by atoms with Crippen LogP contribution in [0.5, 0.6) is 0 Å². The quantitative estimate of drug-likeness (QED) is 0.790. The summed E-state index contributed by atoms with van der Waals surface area (Å²) in [6.07, 6.45) is 4.77. The molecule has 1 aromatic heterocycles. The molecule has 0 aliphatic carbocycles. The van der Waals surface area contributed by atoms with Gasteiger partial charge in [-0.2, -0.15) is 5.10 Å². The molecule has 0 aliphatic rings.